The molecule has 0 radical (unpaired) electrons. The van der Waals surface area contributed by atoms with Crippen LogP contribution in [0.3, 0.4) is 0 Å². The van der Waals surface area contributed by atoms with Crippen molar-refractivity contribution in [2.24, 2.45) is 10.9 Å². The molecule has 112 valence electrons. The van der Waals surface area contributed by atoms with Crippen molar-refractivity contribution in [3.8, 4) is 5.69 Å². The molecule has 0 saturated heterocycles. The van der Waals surface area contributed by atoms with Crippen LogP contribution in [-0.2, 0) is 6.54 Å². The first kappa shape index (κ1) is 15.1. The van der Waals surface area contributed by atoms with Crippen LogP contribution in [0.2, 0.25) is 0 Å². The summed E-state index contributed by atoms with van der Waals surface area (Å²) in [7, 11) is 1.79. The Kier molecular flexibility index (Phi) is 5.37. The quantitative estimate of drug-likeness (QED) is 0.654. The van der Waals surface area contributed by atoms with Crippen molar-refractivity contribution < 1.29 is 0 Å². The third kappa shape index (κ3) is 4.63. The lowest BCUT2D eigenvalue weighted by atomic mass is 10.2. The Morgan fingerprint density at radius 2 is 2.14 bits per heavy atom. The summed E-state index contributed by atoms with van der Waals surface area (Å²) in [6.45, 7) is 5.99. The van der Waals surface area contributed by atoms with Gasteiger partial charge in [-0.1, -0.05) is 26.0 Å². The molecule has 2 rings (SSSR count). The monoisotopic (exact) mass is 285 g/mol. The molecular formula is C16H23N5. The molecule has 0 aliphatic rings. The van der Waals surface area contributed by atoms with Crippen LogP contribution in [0.4, 0.5) is 0 Å². The maximum atomic E-state index is 4.25. The summed E-state index contributed by atoms with van der Waals surface area (Å²) in [4.78, 5) is 4.22. The van der Waals surface area contributed by atoms with Crippen molar-refractivity contribution in [3.63, 3.8) is 0 Å². The van der Waals surface area contributed by atoms with Crippen LogP contribution >= 0.6 is 0 Å². The molecule has 1 aromatic heterocycles. The largest absolute Gasteiger partial charge is 0.356 e. The third-order valence-electron chi connectivity index (χ3n) is 3.04. The van der Waals surface area contributed by atoms with Crippen LogP contribution in [0, 0.1) is 5.92 Å². The molecule has 2 aromatic rings. The van der Waals surface area contributed by atoms with Gasteiger partial charge in [0.2, 0.25) is 0 Å². The summed E-state index contributed by atoms with van der Waals surface area (Å²) in [6.07, 6.45) is 3.72. The zero-order valence-electron chi connectivity index (χ0n) is 12.9. The molecule has 1 aromatic carbocycles. The number of hydrogen-bond donors (Lipinski definition) is 2. The molecule has 0 fully saturated rings. The number of aliphatic imine (C=N–C) groups is 1. The van der Waals surface area contributed by atoms with Gasteiger partial charge in [0.15, 0.2) is 5.96 Å². The van der Waals surface area contributed by atoms with E-state index in [1.165, 1.54) is 5.56 Å². The van der Waals surface area contributed by atoms with E-state index < -0.39 is 0 Å². The number of rotatable bonds is 5. The molecule has 5 heteroatoms. The smallest absolute Gasteiger partial charge is 0.191 e. The van der Waals surface area contributed by atoms with Crippen molar-refractivity contribution in [2.45, 2.75) is 20.4 Å². The highest BCUT2D eigenvalue weighted by atomic mass is 15.3. The molecule has 0 bridgehead atoms. The molecule has 0 amide bonds. The maximum absolute atomic E-state index is 4.25. The molecule has 0 spiro atoms. The van der Waals surface area contributed by atoms with Gasteiger partial charge in [-0.15, -0.1) is 0 Å². The minimum Gasteiger partial charge on any atom is -0.356 e. The molecule has 0 aliphatic carbocycles. The first-order valence-corrected chi connectivity index (χ1v) is 7.22. The zero-order chi connectivity index (χ0) is 15.1. The first-order valence-electron chi connectivity index (χ1n) is 7.22. The minimum atomic E-state index is 0.590. The average molecular weight is 285 g/mol. The van der Waals surface area contributed by atoms with Crippen LogP contribution in [-0.4, -0.2) is 29.3 Å². The Morgan fingerprint density at radius 1 is 1.29 bits per heavy atom. The highest BCUT2D eigenvalue weighted by molar-refractivity contribution is 5.79. The summed E-state index contributed by atoms with van der Waals surface area (Å²) >= 11 is 0. The summed E-state index contributed by atoms with van der Waals surface area (Å²) < 4.78 is 1.86. The summed E-state index contributed by atoms with van der Waals surface area (Å²) in [5, 5.41) is 10.9. The van der Waals surface area contributed by atoms with Gasteiger partial charge in [0, 0.05) is 32.5 Å². The van der Waals surface area contributed by atoms with E-state index in [1.54, 1.807) is 13.2 Å². The Balaban J connectivity index is 1.95. The minimum absolute atomic E-state index is 0.590. The van der Waals surface area contributed by atoms with E-state index in [2.05, 4.69) is 46.7 Å². The van der Waals surface area contributed by atoms with E-state index >= 15 is 0 Å². The Labute approximate surface area is 126 Å². The second-order valence-electron chi connectivity index (χ2n) is 5.32. The summed E-state index contributed by atoms with van der Waals surface area (Å²) in [6, 6.07) is 10.2. The number of guanidine groups is 1. The van der Waals surface area contributed by atoms with E-state index in [1.807, 2.05) is 29.1 Å². The van der Waals surface area contributed by atoms with E-state index in [9.17, 15) is 0 Å². The normalized spacial score (nSPS) is 11.7. The fraction of sp³-hybridized carbons (Fsp3) is 0.375. The van der Waals surface area contributed by atoms with Gasteiger partial charge in [-0.25, -0.2) is 4.68 Å². The number of nitrogens with one attached hydrogen (secondary N) is 2. The second kappa shape index (κ2) is 7.47. The van der Waals surface area contributed by atoms with E-state index in [4.69, 9.17) is 0 Å². The van der Waals surface area contributed by atoms with Crippen LogP contribution < -0.4 is 10.6 Å². The van der Waals surface area contributed by atoms with Crippen LogP contribution in [0.1, 0.15) is 19.4 Å². The van der Waals surface area contributed by atoms with Gasteiger partial charge >= 0.3 is 0 Å². The van der Waals surface area contributed by atoms with Crippen molar-refractivity contribution in [1.82, 2.24) is 20.4 Å². The molecule has 2 N–H and O–H groups in total. The first-order chi connectivity index (χ1) is 10.2. The SMILES string of the molecule is CN=C(NCc1cccc(-n2cccn2)c1)NCC(C)C. The summed E-state index contributed by atoms with van der Waals surface area (Å²) in [5.74, 6) is 1.42. The van der Waals surface area contributed by atoms with Crippen LogP contribution in [0.25, 0.3) is 5.69 Å². The molecule has 0 atom stereocenters. The molecule has 5 nitrogen and oxygen atoms in total. The van der Waals surface area contributed by atoms with Gasteiger partial charge in [0.25, 0.3) is 0 Å². The van der Waals surface area contributed by atoms with Gasteiger partial charge in [-0.2, -0.15) is 5.10 Å². The fourth-order valence-corrected chi connectivity index (χ4v) is 1.94. The van der Waals surface area contributed by atoms with E-state index in [0.29, 0.717) is 5.92 Å². The lowest BCUT2D eigenvalue weighted by molar-refractivity contribution is 0.614. The van der Waals surface area contributed by atoms with Gasteiger partial charge in [-0.3, -0.25) is 4.99 Å². The number of benzene rings is 1. The number of nitrogens with zero attached hydrogens (tertiary/aromatic N) is 3. The standard InChI is InChI=1S/C16H23N5/c1-13(2)11-18-16(17-3)19-12-14-6-4-7-15(10-14)21-9-5-8-20-21/h4-10,13H,11-12H2,1-3H3,(H2,17,18,19). The lowest BCUT2D eigenvalue weighted by Crippen LogP contribution is -2.38. The maximum Gasteiger partial charge on any atom is 0.191 e. The summed E-state index contributed by atoms with van der Waals surface area (Å²) in [5.41, 5.74) is 2.25. The van der Waals surface area contributed by atoms with Crippen molar-refractivity contribution in [3.05, 3.63) is 48.3 Å². The van der Waals surface area contributed by atoms with E-state index in [0.717, 1.165) is 24.7 Å². The van der Waals surface area contributed by atoms with Crippen LogP contribution in [0.15, 0.2) is 47.7 Å². The third-order valence-corrected chi connectivity index (χ3v) is 3.04. The van der Waals surface area contributed by atoms with Crippen LogP contribution in [0.5, 0.6) is 0 Å². The molecule has 0 saturated carbocycles. The number of aromatic nitrogens is 2. The Morgan fingerprint density at radius 3 is 2.81 bits per heavy atom. The average Bonchev–Trinajstić information content (AvgIpc) is 3.02. The molecule has 0 aliphatic heterocycles. The van der Waals surface area contributed by atoms with Gasteiger partial charge < -0.3 is 10.6 Å². The van der Waals surface area contributed by atoms with Gasteiger partial charge in [0.05, 0.1) is 5.69 Å². The highest BCUT2D eigenvalue weighted by Crippen LogP contribution is 2.09. The zero-order valence-corrected chi connectivity index (χ0v) is 12.9. The lowest BCUT2D eigenvalue weighted by Gasteiger charge is -2.14. The van der Waals surface area contributed by atoms with Crippen molar-refractivity contribution in [1.29, 1.82) is 0 Å². The molecular weight excluding hydrogens is 262 g/mol. The fourth-order valence-electron chi connectivity index (χ4n) is 1.94. The van der Waals surface area contributed by atoms with Gasteiger partial charge in [-0.05, 0) is 29.7 Å². The van der Waals surface area contributed by atoms with Gasteiger partial charge in [0.1, 0.15) is 0 Å². The van der Waals surface area contributed by atoms with Crippen molar-refractivity contribution in [2.75, 3.05) is 13.6 Å². The predicted molar refractivity (Wildman–Crippen MR) is 86.6 cm³/mol. The highest BCUT2D eigenvalue weighted by Gasteiger charge is 2.01. The second-order valence-corrected chi connectivity index (χ2v) is 5.32. The molecule has 0 unspecified atom stereocenters. The predicted octanol–water partition coefficient (Wildman–Crippen LogP) is 2.19. The Hall–Kier alpha value is -2.30. The number of hydrogen-bond acceptors (Lipinski definition) is 2. The topological polar surface area (TPSA) is 54.2 Å². The van der Waals surface area contributed by atoms with E-state index in [-0.39, 0.29) is 0 Å². The van der Waals surface area contributed by atoms with Crippen molar-refractivity contribution >= 4 is 5.96 Å². The molecule has 21 heavy (non-hydrogen) atoms. The molecule has 1 heterocycles. The Bertz CT molecular complexity index is 572.